The average molecular weight is 521 g/mol. The molecule has 5 aromatic rings. The largest absolute Gasteiger partial charge is 0.453 e. The van der Waals surface area contributed by atoms with E-state index in [9.17, 15) is 14.0 Å². The number of nitrogens with one attached hydrogen (secondary N) is 2. The van der Waals surface area contributed by atoms with Crippen molar-refractivity contribution in [3.63, 3.8) is 0 Å². The molecule has 7 nitrogen and oxygen atoms in total. The van der Waals surface area contributed by atoms with Gasteiger partial charge in [-0.1, -0.05) is 48.5 Å². The molecule has 0 spiro atoms. The maximum absolute atomic E-state index is 13.5. The molecule has 194 valence electrons. The molecule has 1 aromatic heterocycles. The van der Waals surface area contributed by atoms with Gasteiger partial charge < -0.3 is 15.4 Å². The number of halogens is 1. The lowest BCUT2D eigenvalue weighted by Gasteiger charge is -2.15. The molecule has 0 saturated heterocycles. The Kier molecular flexibility index (Phi) is 7.45. The maximum atomic E-state index is 13.5. The predicted molar refractivity (Wildman–Crippen MR) is 148 cm³/mol. The molecular weight excluding hydrogens is 495 g/mol. The van der Waals surface area contributed by atoms with Crippen LogP contribution in [-0.2, 0) is 6.54 Å². The predicted octanol–water partition coefficient (Wildman–Crippen LogP) is 6.15. The number of para-hydroxylation sites is 1. The summed E-state index contributed by atoms with van der Waals surface area (Å²) in [5.74, 6) is 0.165. The molecule has 4 aromatic carbocycles. The molecule has 0 atom stereocenters. The topological polar surface area (TPSA) is 85.2 Å². The lowest BCUT2D eigenvalue weighted by atomic mass is 10.1. The van der Waals surface area contributed by atoms with Crippen LogP contribution in [0.25, 0.3) is 5.69 Å². The first-order chi connectivity index (χ1) is 19.0. The number of amides is 1. The first-order valence-electron chi connectivity index (χ1n) is 12.3. The van der Waals surface area contributed by atoms with Gasteiger partial charge in [0.25, 0.3) is 11.5 Å². The number of aryl methyl sites for hydroxylation is 1. The van der Waals surface area contributed by atoms with Gasteiger partial charge in [-0.3, -0.25) is 9.59 Å². The fraction of sp³-hybridized carbons (Fsp3) is 0.0645. The highest BCUT2D eigenvalue weighted by atomic mass is 19.1. The van der Waals surface area contributed by atoms with Crippen LogP contribution in [0.3, 0.4) is 0 Å². The number of aromatic nitrogens is 2. The van der Waals surface area contributed by atoms with E-state index in [1.807, 2.05) is 55.5 Å². The van der Waals surface area contributed by atoms with Gasteiger partial charge in [-0.15, -0.1) is 0 Å². The number of rotatable bonds is 8. The molecule has 1 heterocycles. The first kappa shape index (κ1) is 25.4. The third-order valence-corrected chi connectivity index (χ3v) is 6.04. The van der Waals surface area contributed by atoms with Crippen LogP contribution in [0.5, 0.6) is 11.5 Å². The van der Waals surface area contributed by atoms with Crippen molar-refractivity contribution in [3.05, 3.63) is 142 Å². The van der Waals surface area contributed by atoms with Crippen LogP contribution < -0.4 is 20.9 Å². The molecule has 0 aliphatic rings. The van der Waals surface area contributed by atoms with Crippen LogP contribution in [0.4, 0.5) is 15.8 Å². The fourth-order valence-corrected chi connectivity index (χ4v) is 3.92. The van der Waals surface area contributed by atoms with Crippen molar-refractivity contribution in [2.24, 2.45) is 0 Å². The summed E-state index contributed by atoms with van der Waals surface area (Å²) in [6.07, 6.45) is 1.44. The van der Waals surface area contributed by atoms with E-state index in [2.05, 4.69) is 15.7 Å². The van der Waals surface area contributed by atoms with E-state index in [1.165, 1.54) is 30.5 Å². The maximum Gasteiger partial charge on any atom is 0.299 e. The molecule has 0 saturated carbocycles. The molecule has 0 unspecified atom stereocenters. The van der Waals surface area contributed by atoms with Crippen LogP contribution >= 0.6 is 0 Å². The van der Waals surface area contributed by atoms with Gasteiger partial charge >= 0.3 is 0 Å². The monoisotopic (exact) mass is 520 g/mol. The quantitative estimate of drug-likeness (QED) is 0.257. The summed E-state index contributed by atoms with van der Waals surface area (Å²) in [5.41, 5.74) is 2.98. The Balaban J connectivity index is 1.42. The van der Waals surface area contributed by atoms with E-state index >= 15 is 0 Å². The SMILES string of the molecule is Cc1ccccc1Oc1cnn(-c2ccc(F)cc2)c(=O)c1Nc1ccc(C(=O)NCc2ccccc2)cc1. The zero-order valence-electron chi connectivity index (χ0n) is 21.1. The number of anilines is 2. The highest BCUT2D eigenvalue weighted by Gasteiger charge is 2.16. The second-order valence-electron chi connectivity index (χ2n) is 8.82. The summed E-state index contributed by atoms with van der Waals surface area (Å²) >= 11 is 0. The van der Waals surface area contributed by atoms with E-state index in [0.29, 0.717) is 29.2 Å². The van der Waals surface area contributed by atoms with Crippen molar-refractivity contribution >= 4 is 17.3 Å². The van der Waals surface area contributed by atoms with Crippen LogP contribution in [0.1, 0.15) is 21.5 Å². The zero-order valence-corrected chi connectivity index (χ0v) is 21.1. The summed E-state index contributed by atoms with van der Waals surface area (Å²) in [5, 5.41) is 10.3. The van der Waals surface area contributed by atoms with Gasteiger partial charge in [-0.25, -0.2) is 4.39 Å². The summed E-state index contributed by atoms with van der Waals surface area (Å²) in [6.45, 7) is 2.32. The van der Waals surface area contributed by atoms with Crippen molar-refractivity contribution in [2.45, 2.75) is 13.5 Å². The van der Waals surface area contributed by atoms with Gasteiger partial charge in [0.1, 0.15) is 11.6 Å². The highest BCUT2D eigenvalue weighted by molar-refractivity contribution is 5.94. The lowest BCUT2D eigenvalue weighted by Crippen LogP contribution is -2.24. The normalized spacial score (nSPS) is 10.6. The van der Waals surface area contributed by atoms with Gasteiger partial charge in [0.05, 0.1) is 11.9 Å². The second kappa shape index (κ2) is 11.4. The number of hydrogen-bond acceptors (Lipinski definition) is 5. The smallest absolute Gasteiger partial charge is 0.299 e. The molecule has 39 heavy (non-hydrogen) atoms. The Hall–Kier alpha value is -5.24. The van der Waals surface area contributed by atoms with Crippen molar-refractivity contribution in [1.29, 1.82) is 0 Å². The third-order valence-electron chi connectivity index (χ3n) is 6.04. The lowest BCUT2D eigenvalue weighted by molar-refractivity contribution is 0.0951. The molecule has 0 aliphatic heterocycles. The summed E-state index contributed by atoms with van der Waals surface area (Å²) < 4.78 is 20.7. The third kappa shape index (κ3) is 6.02. The molecule has 5 rings (SSSR count). The number of nitrogens with zero attached hydrogens (tertiary/aromatic N) is 2. The number of carbonyl (C=O) groups excluding carboxylic acids is 1. The van der Waals surface area contributed by atoms with Gasteiger partial charge in [-0.2, -0.15) is 9.78 Å². The molecule has 1 amide bonds. The first-order valence-corrected chi connectivity index (χ1v) is 12.3. The average Bonchev–Trinajstić information content (AvgIpc) is 2.96. The van der Waals surface area contributed by atoms with Crippen LogP contribution in [0.2, 0.25) is 0 Å². The number of carbonyl (C=O) groups is 1. The van der Waals surface area contributed by atoms with Crippen LogP contribution in [0, 0.1) is 12.7 Å². The second-order valence-corrected chi connectivity index (χ2v) is 8.82. The molecule has 0 aliphatic carbocycles. The Morgan fingerprint density at radius 2 is 1.56 bits per heavy atom. The summed E-state index contributed by atoms with van der Waals surface area (Å²) in [4.78, 5) is 26.2. The Morgan fingerprint density at radius 1 is 0.872 bits per heavy atom. The molecular formula is C31H25FN4O3. The minimum Gasteiger partial charge on any atom is -0.453 e. The van der Waals surface area contributed by atoms with Crippen molar-refractivity contribution in [1.82, 2.24) is 15.1 Å². The van der Waals surface area contributed by atoms with Crippen LogP contribution in [0.15, 0.2) is 114 Å². The number of benzene rings is 4. The fourth-order valence-electron chi connectivity index (χ4n) is 3.92. The standard InChI is InChI=1S/C31H25FN4O3/c1-21-7-5-6-10-27(21)39-28-20-34-36(26-17-13-24(32)14-18-26)31(38)29(28)35-25-15-11-23(12-16-25)30(37)33-19-22-8-3-2-4-9-22/h2-18,20,35H,19H2,1H3,(H,33,37). The number of hydrogen-bond donors (Lipinski definition) is 2. The van der Waals surface area contributed by atoms with Crippen LogP contribution in [-0.4, -0.2) is 15.7 Å². The van der Waals surface area contributed by atoms with Gasteiger partial charge in [-0.05, 0) is 72.6 Å². The summed E-state index contributed by atoms with van der Waals surface area (Å²) in [7, 11) is 0. The minimum atomic E-state index is -0.489. The Bertz CT molecular complexity index is 1650. The van der Waals surface area contributed by atoms with E-state index in [4.69, 9.17) is 4.74 Å². The van der Waals surface area contributed by atoms with Gasteiger partial charge in [0.2, 0.25) is 0 Å². The van der Waals surface area contributed by atoms with Crippen molar-refractivity contribution < 1.29 is 13.9 Å². The molecule has 0 bridgehead atoms. The molecule has 0 fully saturated rings. The minimum absolute atomic E-state index is 0.138. The van der Waals surface area contributed by atoms with E-state index in [1.54, 1.807) is 30.3 Å². The molecule has 8 heteroatoms. The number of ether oxygens (including phenoxy) is 1. The Labute approximate surface area is 224 Å². The molecule has 2 N–H and O–H groups in total. The highest BCUT2D eigenvalue weighted by Crippen LogP contribution is 2.30. The van der Waals surface area contributed by atoms with Gasteiger partial charge in [0, 0.05) is 17.8 Å². The van der Waals surface area contributed by atoms with Crippen molar-refractivity contribution in [3.8, 4) is 17.2 Å². The summed E-state index contributed by atoms with van der Waals surface area (Å²) in [6, 6.07) is 29.3. The van der Waals surface area contributed by atoms with E-state index < -0.39 is 11.4 Å². The van der Waals surface area contributed by atoms with E-state index in [0.717, 1.165) is 15.8 Å². The zero-order chi connectivity index (χ0) is 27.2. The van der Waals surface area contributed by atoms with Gasteiger partial charge in [0.15, 0.2) is 11.4 Å². The molecule has 0 radical (unpaired) electrons. The Morgan fingerprint density at radius 3 is 2.28 bits per heavy atom. The van der Waals surface area contributed by atoms with Crippen molar-refractivity contribution in [2.75, 3.05) is 5.32 Å². The van der Waals surface area contributed by atoms with E-state index in [-0.39, 0.29) is 17.3 Å².